The molecule has 1 aliphatic rings. The summed E-state index contributed by atoms with van der Waals surface area (Å²) in [6.45, 7) is 5.76. The van der Waals surface area contributed by atoms with Gasteiger partial charge in [-0.05, 0) is 13.0 Å². The van der Waals surface area contributed by atoms with E-state index in [-0.39, 0.29) is 30.0 Å². The summed E-state index contributed by atoms with van der Waals surface area (Å²) in [5.41, 5.74) is 0.653. The van der Waals surface area contributed by atoms with Crippen molar-refractivity contribution in [1.82, 2.24) is 10.2 Å². The van der Waals surface area contributed by atoms with Crippen molar-refractivity contribution in [2.24, 2.45) is 0 Å². The summed E-state index contributed by atoms with van der Waals surface area (Å²) in [4.78, 5) is 2.24. The number of phenols is 1. The molecule has 0 radical (unpaired) electrons. The fourth-order valence-electron chi connectivity index (χ4n) is 2.12. The first-order valence-electron chi connectivity index (χ1n) is 5.61. The molecule has 17 heavy (non-hydrogen) atoms. The second-order valence-corrected chi connectivity index (χ2v) is 4.17. The maximum Gasteiger partial charge on any atom is 0.131 e. The third kappa shape index (κ3) is 3.31. The lowest BCUT2D eigenvalue weighted by atomic mass is 10.1. The Bertz CT molecular complexity index is 370. The minimum absolute atomic E-state index is 0. The molecule has 1 saturated heterocycles. The summed E-state index contributed by atoms with van der Waals surface area (Å²) in [7, 11) is 0. The first-order chi connectivity index (χ1) is 7.68. The van der Waals surface area contributed by atoms with E-state index in [9.17, 15) is 4.39 Å². The van der Waals surface area contributed by atoms with Gasteiger partial charge in [0, 0.05) is 43.9 Å². The number of nitrogens with one attached hydrogen (secondary N) is 1. The van der Waals surface area contributed by atoms with Gasteiger partial charge in [0.2, 0.25) is 0 Å². The number of phenolic OH excluding ortho intramolecular Hbond substituents is 1. The highest BCUT2D eigenvalue weighted by Crippen LogP contribution is 2.25. The maximum atomic E-state index is 13.7. The van der Waals surface area contributed by atoms with Gasteiger partial charge in [0.25, 0.3) is 0 Å². The topological polar surface area (TPSA) is 35.5 Å². The van der Waals surface area contributed by atoms with Crippen molar-refractivity contribution in [3.05, 3.63) is 29.6 Å². The predicted molar refractivity (Wildman–Crippen MR) is 68.2 cm³/mol. The number of aromatic hydroxyl groups is 1. The Morgan fingerprint density at radius 1 is 1.35 bits per heavy atom. The molecule has 0 saturated carbocycles. The van der Waals surface area contributed by atoms with Gasteiger partial charge >= 0.3 is 0 Å². The highest BCUT2D eigenvalue weighted by molar-refractivity contribution is 5.85. The molecule has 0 aromatic heterocycles. The lowest BCUT2D eigenvalue weighted by molar-refractivity contribution is 0.182. The van der Waals surface area contributed by atoms with Crippen LogP contribution in [0.2, 0.25) is 0 Å². The number of piperazine rings is 1. The van der Waals surface area contributed by atoms with E-state index in [2.05, 4.69) is 10.2 Å². The first kappa shape index (κ1) is 14.2. The minimum Gasteiger partial charge on any atom is -0.508 e. The standard InChI is InChI=1S/C12H17FN2O.ClH/c1-9(15-6-4-14-5-7-15)11-3-2-10(16)8-12(11)13;/h2-3,8-9,14,16H,4-7H2,1H3;1H/t9-;/m0./s1. The molecular weight excluding hydrogens is 243 g/mol. The highest BCUT2D eigenvalue weighted by Gasteiger charge is 2.20. The molecule has 96 valence electrons. The Morgan fingerprint density at radius 3 is 2.59 bits per heavy atom. The van der Waals surface area contributed by atoms with Crippen LogP contribution in [0.5, 0.6) is 5.75 Å². The fraction of sp³-hybridized carbons (Fsp3) is 0.500. The van der Waals surface area contributed by atoms with Crippen LogP contribution in [0.1, 0.15) is 18.5 Å². The van der Waals surface area contributed by atoms with Crippen LogP contribution in [0.15, 0.2) is 18.2 Å². The van der Waals surface area contributed by atoms with E-state index >= 15 is 0 Å². The number of hydrogen-bond donors (Lipinski definition) is 2. The molecule has 2 rings (SSSR count). The van der Waals surface area contributed by atoms with Crippen LogP contribution in [0.25, 0.3) is 0 Å². The van der Waals surface area contributed by atoms with E-state index in [1.807, 2.05) is 6.92 Å². The van der Waals surface area contributed by atoms with Gasteiger partial charge in [0.15, 0.2) is 0 Å². The molecule has 0 unspecified atom stereocenters. The molecule has 5 heteroatoms. The van der Waals surface area contributed by atoms with E-state index in [4.69, 9.17) is 5.11 Å². The number of hydrogen-bond acceptors (Lipinski definition) is 3. The van der Waals surface area contributed by atoms with Crippen molar-refractivity contribution < 1.29 is 9.50 Å². The van der Waals surface area contributed by atoms with E-state index in [0.29, 0.717) is 5.56 Å². The van der Waals surface area contributed by atoms with Crippen molar-refractivity contribution in [3.8, 4) is 5.75 Å². The Morgan fingerprint density at radius 2 is 2.00 bits per heavy atom. The lowest BCUT2D eigenvalue weighted by Crippen LogP contribution is -2.44. The van der Waals surface area contributed by atoms with Gasteiger partial charge in [-0.1, -0.05) is 6.07 Å². The average Bonchev–Trinajstić information content (AvgIpc) is 2.29. The Kier molecular flexibility index (Phi) is 5.18. The second kappa shape index (κ2) is 6.19. The largest absolute Gasteiger partial charge is 0.508 e. The molecule has 0 spiro atoms. The summed E-state index contributed by atoms with van der Waals surface area (Å²) in [5.74, 6) is -0.347. The summed E-state index contributed by atoms with van der Waals surface area (Å²) in [6.07, 6.45) is 0. The molecular formula is C12H18ClFN2O. The van der Waals surface area contributed by atoms with Crippen molar-refractivity contribution in [1.29, 1.82) is 0 Å². The van der Waals surface area contributed by atoms with Crippen LogP contribution in [0, 0.1) is 5.82 Å². The van der Waals surface area contributed by atoms with Gasteiger partial charge in [0.05, 0.1) is 0 Å². The molecule has 1 aliphatic heterocycles. The van der Waals surface area contributed by atoms with Gasteiger partial charge in [-0.25, -0.2) is 4.39 Å². The van der Waals surface area contributed by atoms with Crippen LogP contribution in [-0.4, -0.2) is 36.2 Å². The van der Waals surface area contributed by atoms with Gasteiger partial charge in [-0.3, -0.25) is 4.90 Å². The molecule has 0 amide bonds. The van der Waals surface area contributed by atoms with Crippen LogP contribution in [-0.2, 0) is 0 Å². The van der Waals surface area contributed by atoms with Crippen LogP contribution >= 0.6 is 12.4 Å². The van der Waals surface area contributed by atoms with Gasteiger partial charge in [-0.15, -0.1) is 12.4 Å². The van der Waals surface area contributed by atoms with Gasteiger partial charge < -0.3 is 10.4 Å². The third-order valence-corrected chi connectivity index (χ3v) is 3.13. The highest BCUT2D eigenvalue weighted by atomic mass is 35.5. The number of nitrogens with zero attached hydrogens (tertiary/aromatic N) is 1. The Balaban J connectivity index is 0.00000144. The summed E-state index contributed by atoms with van der Waals surface area (Å²) < 4.78 is 13.7. The van der Waals surface area contributed by atoms with Crippen LogP contribution in [0.4, 0.5) is 4.39 Å². The van der Waals surface area contributed by atoms with Crippen molar-refractivity contribution in [3.63, 3.8) is 0 Å². The van der Waals surface area contributed by atoms with E-state index < -0.39 is 0 Å². The van der Waals surface area contributed by atoms with Crippen LogP contribution in [0.3, 0.4) is 0 Å². The second-order valence-electron chi connectivity index (χ2n) is 4.17. The molecule has 0 aliphatic carbocycles. The zero-order chi connectivity index (χ0) is 11.5. The van der Waals surface area contributed by atoms with Crippen molar-refractivity contribution >= 4 is 12.4 Å². The number of rotatable bonds is 2. The molecule has 3 nitrogen and oxygen atoms in total. The first-order valence-corrected chi connectivity index (χ1v) is 5.61. The molecule has 1 fully saturated rings. The number of halogens is 2. The van der Waals surface area contributed by atoms with Crippen LogP contribution < -0.4 is 5.32 Å². The monoisotopic (exact) mass is 260 g/mol. The fourth-order valence-corrected chi connectivity index (χ4v) is 2.12. The SMILES string of the molecule is C[C@@H](c1ccc(O)cc1F)N1CCNCC1.Cl. The van der Waals surface area contributed by atoms with Gasteiger partial charge in [-0.2, -0.15) is 0 Å². The zero-order valence-corrected chi connectivity index (χ0v) is 10.6. The third-order valence-electron chi connectivity index (χ3n) is 3.13. The number of benzene rings is 1. The zero-order valence-electron chi connectivity index (χ0n) is 9.82. The normalized spacial score (nSPS) is 18.5. The average molecular weight is 261 g/mol. The molecule has 1 aromatic carbocycles. The molecule has 0 bridgehead atoms. The molecule has 2 N–H and O–H groups in total. The molecule has 1 heterocycles. The van der Waals surface area contributed by atoms with E-state index in [0.717, 1.165) is 26.2 Å². The quantitative estimate of drug-likeness (QED) is 0.853. The summed E-state index contributed by atoms with van der Waals surface area (Å²) >= 11 is 0. The van der Waals surface area contributed by atoms with Gasteiger partial charge in [0.1, 0.15) is 11.6 Å². The van der Waals surface area contributed by atoms with E-state index in [1.165, 1.54) is 12.1 Å². The van der Waals surface area contributed by atoms with Crippen molar-refractivity contribution in [2.75, 3.05) is 26.2 Å². The smallest absolute Gasteiger partial charge is 0.131 e. The predicted octanol–water partition coefficient (Wildman–Crippen LogP) is 1.92. The molecule has 1 atom stereocenters. The maximum absolute atomic E-state index is 13.7. The summed E-state index contributed by atoms with van der Waals surface area (Å²) in [6, 6.07) is 4.44. The van der Waals surface area contributed by atoms with E-state index in [1.54, 1.807) is 6.07 Å². The summed E-state index contributed by atoms with van der Waals surface area (Å²) in [5, 5.41) is 12.4. The minimum atomic E-state index is -0.328. The Hall–Kier alpha value is -0.840. The molecule has 1 aromatic rings. The lowest BCUT2D eigenvalue weighted by Gasteiger charge is -2.33. The Labute approximate surface area is 107 Å². The van der Waals surface area contributed by atoms with Crippen molar-refractivity contribution in [2.45, 2.75) is 13.0 Å².